The maximum absolute atomic E-state index is 12.9. The van der Waals surface area contributed by atoms with Crippen LogP contribution in [0, 0.1) is 5.82 Å². The van der Waals surface area contributed by atoms with Crippen LogP contribution in [0.25, 0.3) is 11.5 Å². The summed E-state index contributed by atoms with van der Waals surface area (Å²) < 4.78 is 19.7. The molecule has 116 valence electrons. The van der Waals surface area contributed by atoms with Crippen molar-refractivity contribution in [3.63, 3.8) is 0 Å². The summed E-state index contributed by atoms with van der Waals surface area (Å²) in [6.07, 6.45) is 0. The van der Waals surface area contributed by atoms with Crippen molar-refractivity contribution < 1.29 is 13.6 Å². The number of rotatable bonds is 4. The molecule has 7 heteroatoms. The van der Waals surface area contributed by atoms with E-state index in [0.717, 1.165) is 9.15 Å². The highest BCUT2D eigenvalue weighted by molar-refractivity contribution is 9.10. The average Bonchev–Trinajstić information content (AvgIpc) is 2.89. The van der Waals surface area contributed by atoms with Crippen LogP contribution in [0.1, 0.15) is 10.4 Å². The number of hydrogen-bond donors (Lipinski definition) is 0. The molecule has 0 unspecified atom stereocenters. The third-order valence-electron chi connectivity index (χ3n) is 3.16. The maximum atomic E-state index is 12.9. The van der Waals surface area contributed by atoms with Gasteiger partial charge in [0.1, 0.15) is 12.4 Å². The van der Waals surface area contributed by atoms with Gasteiger partial charge in [0.25, 0.3) is 0 Å². The molecule has 0 atom stereocenters. The molecule has 1 heterocycles. The number of carbonyl (C=O) groups is 1. The van der Waals surface area contributed by atoms with Gasteiger partial charge in [0.05, 0.1) is 0 Å². The Hall–Kier alpha value is -2.54. The largest absolute Gasteiger partial charge is 0.437 e. The highest BCUT2D eigenvalue weighted by Crippen LogP contribution is 2.16. The predicted octanol–water partition coefficient (Wildman–Crippen LogP) is 3.29. The Balaban J connectivity index is 1.84. The predicted molar refractivity (Wildman–Crippen MR) is 84.6 cm³/mol. The van der Waals surface area contributed by atoms with Crippen LogP contribution in [0.15, 0.2) is 62.2 Å². The van der Waals surface area contributed by atoms with Gasteiger partial charge in [-0.05, 0) is 36.4 Å². The van der Waals surface area contributed by atoms with E-state index in [1.165, 1.54) is 24.3 Å². The van der Waals surface area contributed by atoms with E-state index in [0.29, 0.717) is 11.1 Å². The molecule has 3 aromatic rings. The molecule has 0 saturated heterocycles. The second-order valence-electron chi connectivity index (χ2n) is 4.77. The van der Waals surface area contributed by atoms with Crippen LogP contribution in [0.2, 0.25) is 0 Å². The molecule has 2 aromatic carbocycles. The van der Waals surface area contributed by atoms with Crippen LogP contribution >= 0.6 is 15.9 Å². The van der Waals surface area contributed by atoms with Crippen molar-refractivity contribution in [2.45, 2.75) is 6.54 Å². The molecule has 0 saturated carbocycles. The second-order valence-corrected chi connectivity index (χ2v) is 5.68. The van der Waals surface area contributed by atoms with Crippen molar-refractivity contribution in [1.82, 2.24) is 9.78 Å². The molecule has 0 aliphatic rings. The van der Waals surface area contributed by atoms with Gasteiger partial charge in [0.15, 0.2) is 5.78 Å². The van der Waals surface area contributed by atoms with Gasteiger partial charge in [-0.3, -0.25) is 4.79 Å². The van der Waals surface area contributed by atoms with Crippen molar-refractivity contribution in [1.29, 1.82) is 0 Å². The number of nitrogens with zero attached hydrogens (tertiary/aromatic N) is 2. The van der Waals surface area contributed by atoms with Gasteiger partial charge in [-0.2, -0.15) is 4.68 Å². The van der Waals surface area contributed by atoms with E-state index in [9.17, 15) is 14.0 Å². The number of carbonyl (C=O) groups excluding carboxylic acids is 1. The van der Waals surface area contributed by atoms with Crippen LogP contribution in [0.4, 0.5) is 4.39 Å². The van der Waals surface area contributed by atoms with E-state index < -0.39 is 11.6 Å². The third-order valence-corrected chi connectivity index (χ3v) is 3.69. The lowest BCUT2D eigenvalue weighted by Gasteiger charge is -2.00. The van der Waals surface area contributed by atoms with Crippen molar-refractivity contribution in [2.75, 3.05) is 0 Å². The Labute approximate surface area is 138 Å². The lowest BCUT2D eigenvalue weighted by molar-refractivity contribution is 0.0965. The van der Waals surface area contributed by atoms with E-state index >= 15 is 0 Å². The number of ketones is 1. The fraction of sp³-hybridized carbons (Fsp3) is 0.0625. The van der Waals surface area contributed by atoms with Gasteiger partial charge in [0, 0.05) is 15.6 Å². The summed E-state index contributed by atoms with van der Waals surface area (Å²) in [7, 11) is 0. The molecule has 1 aromatic heterocycles. The third kappa shape index (κ3) is 3.45. The Morgan fingerprint density at radius 1 is 1.13 bits per heavy atom. The van der Waals surface area contributed by atoms with E-state index in [1.807, 2.05) is 0 Å². The number of halogens is 2. The zero-order valence-corrected chi connectivity index (χ0v) is 13.3. The van der Waals surface area contributed by atoms with Crippen LogP contribution in [-0.2, 0) is 6.54 Å². The van der Waals surface area contributed by atoms with Crippen LogP contribution < -0.4 is 5.76 Å². The summed E-state index contributed by atoms with van der Waals surface area (Å²) in [4.78, 5) is 24.0. The maximum Gasteiger partial charge on any atom is 0.437 e. The first-order valence-electron chi connectivity index (χ1n) is 6.65. The lowest BCUT2D eigenvalue weighted by atomic mass is 10.1. The number of Topliss-reactive ketones (excluding diaryl/α,β-unsaturated/α-hetero) is 1. The zero-order valence-electron chi connectivity index (χ0n) is 11.7. The van der Waals surface area contributed by atoms with E-state index in [2.05, 4.69) is 21.0 Å². The molecule has 0 bridgehead atoms. The van der Waals surface area contributed by atoms with E-state index in [-0.39, 0.29) is 18.2 Å². The Morgan fingerprint density at radius 2 is 1.78 bits per heavy atom. The molecule has 0 fully saturated rings. The van der Waals surface area contributed by atoms with Gasteiger partial charge in [-0.15, -0.1) is 5.10 Å². The quantitative estimate of drug-likeness (QED) is 0.655. The molecular weight excluding hydrogens is 367 g/mol. The number of hydrogen-bond acceptors (Lipinski definition) is 4. The molecule has 0 aliphatic carbocycles. The highest BCUT2D eigenvalue weighted by atomic mass is 79.9. The Kier molecular flexibility index (Phi) is 4.20. The topological polar surface area (TPSA) is 65.1 Å². The Bertz CT molecular complexity index is 898. The van der Waals surface area contributed by atoms with Gasteiger partial charge in [-0.25, -0.2) is 9.18 Å². The van der Waals surface area contributed by atoms with Gasteiger partial charge < -0.3 is 4.42 Å². The summed E-state index contributed by atoms with van der Waals surface area (Å²) in [6.45, 7) is -0.231. The number of aromatic nitrogens is 2. The van der Waals surface area contributed by atoms with Crippen LogP contribution in [-0.4, -0.2) is 15.6 Å². The summed E-state index contributed by atoms with van der Waals surface area (Å²) in [5.41, 5.74) is 0.921. The fourth-order valence-electron chi connectivity index (χ4n) is 1.98. The minimum Gasteiger partial charge on any atom is -0.388 e. The molecule has 0 spiro atoms. The van der Waals surface area contributed by atoms with Gasteiger partial charge in [-0.1, -0.05) is 28.1 Å². The van der Waals surface area contributed by atoms with Crippen LogP contribution in [0.5, 0.6) is 0 Å². The molecule has 23 heavy (non-hydrogen) atoms. The molecule has 5 nitrogen and oxygen atoms in total. The molecule has 0 aliphatic heterocycles. The first kappa shape index (κ1) is 15.4. The number of benzene rings is 2. The van der Waals surface area contributed by atoms with Crippen molar-refractivity contribution in [3.05, 3.63) is 74.9 Å². The Morgan fingerprint density at radius 3 is 2.43 bits per heavy atom. The first-order valence-corrected chi connectivity index (χ1v) is 7.45. The smallest absolute Gasteiger partial charge is 0.388 e. The van der Waals surface area contributed by atoms with Crippen molar-refractivity contribution in [2.24, 2.45) is 0 Å². The molecule has 0 N–H and O–H groups in total. The molecular formula is C16H10BrFN2O3. The molecule has 3 rings (SSSR count). The van der Waals surface area contributed by atoms with E-state index in [1.54, 1.807) is 24.3 Å². The first-order chi connectivity index (χ1) is 11.0. The standard InChI is InChI=1S/C16H10BrFN2O3/c17-12-5-1-10(2-6-12)14(21)9-20-16(22)23-15(19-20)11-3-7-13(18)8-4-11/h1-8H,9H2. The summed E-state index contributed by atoms with van der Waals surface area (Å²) in [5, 5.41) is 3.98. The minimum absolute atomic E-state index is 0.0404. The SMILES string of the molecule is O=C(Cn1nc(-c2ccc(F)cc2)oc1=O)c1ccc(Br)cc1. The lowest BCUT2D eigenvalue weighted by Crippen LogP contribution is -2.21. The zero-order chi connectivity index (χ0) is 16.4. The van der Waals surface area contributed by atoms with Crippen molar-refractivity contribution >= 4 is 21.7 Å². The van der Waals surface area contributed by atoms with E-state index in [4.69, 9.17) is 4.42 Å². The fourth-order valence-corrected chi connectivity index (χ4v) is 2.24. The van der Waals surface area contributed by atoms with Gasteiger partial charge in [0.2, 0.25) is 5.89 Å². The summed E-state index contributed by atoms with van der Waals surface area (Å²) in [5.74, 6) is -1.37. The average molecular weight is 377 g/mol. The van der Waals surface area contributed by atoms with Gasteiger partial charge >= 0.3 is 5.76 Å². The monoisotopic (exact) mass is 376 g/mol. The minimum atomic E-state index is -0.741. The second kappa shape index (κ2) is 6.29. The molecule has 0 radical (unpaired) electrons. The normalized spacial score (nSPS) is 10.7. The molecule has 0 amide bonds. The summed E-state index contributed by atoms with van der Waals surface area (Å²) >= 11 is 3.29. The summed E-state index contributed by atoms with van der Waals surface area (Å²) in [6, 6.07) is 12.1. The van der Waals surface area contributed by atoms with Crippen molar-refractivity contribution in [3.8, 4) is 11.5 Å². The highest BCUT2D eigenvalue weighted by Gasteiger charge is 2.14. The van der Waals surface area contributed by atoms with Crippen LogP contribution in [0.3, 0.4) is 0 Å².